The summed E-state index contributed by atoms with van der Waals surface area (Å²) in [7, 11) is 1.51. The number of halogens is 1. The molecule has 0 saturated heterocycles. The van der Waals surface area contributed by atoms with Crippen molar-refractivity contribution in [1.29, 1.82) is 0 Å². The Kier molecular flexibility index (Phi) is 5.33. The highest BCUT2D eigenvalue weighted by molar-refractivity contribution is 5.74. The lowest BCUT2D eigenvalue weighted by Gasteiger charge is -2.27. The number of fused-ring (bicyclic) bond motifs is 1. The molecule has 2 amide bonds. The van der Waals surface area contributed by atoms with E-state index in [9.17, 15) is 9.18 Å². The summed E-state index contributed by atoms with van der Waals surface area (Å²) < 4.78 is 19.4. The predicted octanol–water partition coefficient (Wildman–Crippen LogP) is 2.48. The van der Waals surface area contributed by atoms with Crippen molar-refractivity contribution in [1.82, 2.24) is 20.8 Å². The van der Waals surface area contributed by atoms with E-state index >= 15 is 0 Å². The van der Waals surface area contributed by atoms with Crippen molar-refractivity contribution in [2.75, 3.05) is 7.11 Å². The van der Waals surface area contributed by atoms with E-state index in [1.165, 1.54) is 18.7 Å². The van der Waals surface area contributed by atoms with Crippen LogP contribution in [0.1, 0.15) is 36.3 Å². The summed E-state index contributed by atoms with van der Waals surface area (Å²) in [4.78, 5) is 12.3. The Hall–Kier alpha value is -2.41. The quantitative estimate of drug-likeness (QED) is 0.778. The summed E-state index contributed by atoms with van der Waals surface area (Å²) >= 11 is 0. The lowest BCUT2D eigenvalue weighted by atomic mass is 9.94. The number of carbonyl (C=O) groups is 1. The van der Waals surface area contributed by atoms with Gasteiger partial charge in [-0.05, 0) is 31.4 Å². The third-order valence-corrected chi connectivity index (χ3v) is 4.63. The van der Waals surface area contributed by atoms with Crippen LogP contribution in [-0.4, -0.2) is 35.4 Å². The maximum absolute atomic E-state index is 14.0. The fourth-order valence-corrected chi connectivity index (χ4v) is 3.35. The van der Waals surface area contributed by atoms with Gasteiger partial charge >= 0.3 is 6.03 Å². The summed E-state index contributed by atoms with van der Waals surface area (Å²) in [5, 5.41) is 12.8. The number of aromatic nitrogens is 2. The third-order valence-electron chi connectivity index (χ3n) is 4.63. The second-order valence-corrected chi connectivity index (χ2v) is 6.40. The van der Waals surface area contributed by atoms with Gasteiger partial charge in [-0.15, -0.1) is 0 Å². The van der Waals surface area contributed by atoms with E-state index in [1.54, 1.807) is 25.1 Å². The Bertz CT molecular complexity index is 733. The van der Waals surface area contributed by atoms with Crippen molar-refractivity contribution < 1.29 is 13.9 Å². The van der Waals surface area contributed by atoms with E-state index in [4.69, 9.17) is 4.74 Å². The van der Waals surface area contributed by atoms with Crippen LogP contribution in [0.25, 0.3) is 0 Å². The highest BCUT2D eigenvalue weighted by Gasteiger charge is 2.25. The minimum absolute atomic E-state index is 0.0506. The lowest BCUT2D eigenvalue weighted by Crippen LogP contribution is -2.48. The number of benzene rings is 1. The van der Waals surface area contributed by atoms with Gasteiger partial charge in [-0.2, -0.15) is 5.10 Å². The highest BCUT2D eigenvalue weighted by Crippen LogP contribution is 2.23. The van der Waals surface area contributed by atoms with Gasteiger partial charge in [-0.1, -0.05) is 18.2 Å². The highest BCUT2D eigenvalue weighted by atomic mass is 19.1. The first-order chi connectivity index (χ1) is 12.1. The van der Waals surface area contributed by atoms with E-state index in [0.29, 0.717) is 5.56 Å². The number of nitrogens with one attached hydrogen (secondary N) is 3. The molecule has 1 aliphatic carbocycles. The predicted molar refractivity (Wildman–Crippen MR) is 91.7 cm³/mol. The minimum Gasteiger partial charge on any atom is -0.375 e. The molecule has 0 bridgehead atoms. The normalized spacial score (nSPS) is 18.9. The van der Waals surface area contributed by atoms with Gasteiger partial charge in [0.25, 0.3) is 0 Å². The Morgan fingerprint density at radius 1 is 1.44 bits per heavy atom. The van der Waals surface area contributed by atoms with Gasteiger partial charge in [0.15, 0.2) is 0 Å². The SMILES string of the molecule is CO[C@H](c1ccccc1F)[C@H](C)NC(=O)N[C@H]1CCc2cn[nH]c2C1. The average molecular weight is 346 g/mol. The molecule has 6 nitrogen and oxygen atoms in total. The first-order valence-corrected chi connectivity index (χ1v) is 8.44. The van der Waals surface area contributed by atoms with E-state index < -0.39 is 6.10 Å². The molecule has 1 aromatic heterocycles. The van der Waals surface area contributed by atoms with Crippen LogP contribution in [0.15, 0.2) is 30.5 Å². The maximum Gasteiger partial charge on any atom is 0.315 e. The van der Waals surface area contributed by atoms with Gasteiger partial charge in [0, 0.05) is 30.8 Å². The fourth-order valence-electron chi connectivity index (χ4n) is 3.35. The molecule has 0 fully saturated rings. The minimum atomic E-state index is -0.558. The number of methoxy groups -OCH3 is 1. The number of aromatic amines is 1. The average Bonchev–Trinajstić information content (AvgIpc) is 3.04. The van der Waals surface area contributed by atoms with Crippen molar-refractivity contribution in [3.63, 3.8) is 0 Å². The van der Waals surface area contributed by atoms with Gasteiger partial charge < -0.3 is 15.4 Å². The first-order valence-electron chi connectivity index (χ1n) is 8.44. The molecule has 3 N–H and O–H groups in total. The molecular weight excluding hydrogens is 323 g/mol. The smallest absolute Gasteiger partial charge is 0.315 e. The molecule has 3 atom stereocenters. The summed E-state index contributed by atoms with van der Waals surface area (Å²) in [6, 6.07) is 5.82. The molecule has 0 radical (unpaired) electrons. The van der Waals surface area contributed by atoms with Gasteiger partial charge in [0.1, 0.15) is 11.9 Å². The summed E-state index contributed by atoms with van der Waals surface area (Å²) in [6.45, 7) is 1.80. The topological polar surface area (TPSA) is 79.0 Å². The number of amides is 2. The van der Waals surface area contributed by atoms with E-state index in [1.807, 2.05) is 6.20 Å². The van der Waals surface area contributed by atoms with Crippen molar-refractivity contribution in [3.05, 3.63) is 53.1 Å². The Morgan fingerprint density at radius 3 is 3.00 bits per heavy atom. The van der Waals surface area contributed by atoms with Crippen molar-refractivity contribution in [2.24, 2.45) is 0 Å². The standard InChI is InChI=1S/C18H23FN4O2/c1-11(17(25-2)14-5-3-4-6-15(14)19)21-18(24)22-13-8-7-12-10-20-23-16(12)9-13/h3-6,10-11,13,17H,7-9H2,1-2H3,(H,20,23)(H2,21,22,24)/t11-,13-,17-/m0/s1. The van der Waals surface area contributed by atoms with E-state index in [2.05, 4.69) is 20.8 Å². The molecule has 0 aliphatic heterocycles. The van der Waals surface area contributed by atoms with Crippen LogP contribution in [0.5, 0.6) is 0 Å². The third kappa shape index (κ3) is 3.99. The second-order valence-electron chi connectivity index (χ2n) is 6.40. The Morgan fingerprint density at radius 2 is 2.24 bits per heavy atom. The van der Waals surface area contributed by atoms with Gasteiger partial charge in [0.2, 0.25) is 0 Å². The molecule has 1 heterocycles. The van der Waals surface area contributed by atoms with Gasteiger partial charge in [-0.3, -0.25) is 5.10 Å². The number of hydrogen-bond acceptors (Lipinski definition) is 3. The molecule has 1 aromatic carbocycles. The van der Waals surface area contributed by atoms with Crippen molar-refractivity contribution in [2.45, 2.75) is 44.4 Å². The zero-order valence-corrected chi connectivity index (χ0v) is 14.4. The number of hydrogen-bond donors (Lipinski definition) is 3. The van der Waals surface area contributed by atoms with Crippen LogP contribution < -0.4 is 10.6 Å². The zero-order chi connectivity index (χ0) is 17.8. The maximum atomic E-state index is 14.0. The van der Waals surface area contributed by atoms with E-state index in [0.717, 1.165) is 25.0 Å². The summed E-state index contributed by atoms with van der Waals surface area (Å²) in [5.41, 5.74) is 2.72. The van der Waals surface area contributed by atoms with Crippen LogP contribution in [0.2, 0.25) is 0 Å². The molecule has 3 rings (SSSR count). The molecule has 7 heteroatoms. The summed E-state index contributed by atoms with van der Waals surface area (Å²) in [5.74, 6) is -0.345. The van der Waals surface area contributed by atoms with Gasteiger partial charge in [-0.25, -0.2) is 9.18 Å². The van der Waals surface area contributed by atoms with E-state index in [-0.39, 0.29) is 23.9 Å². The number of rotatable bonds is 5. The Labute approximate surface area is 146 Å². The largest absolute Gasteiger partial charge is 0.375 e. The fraction of sp³-hybridized carbons (Fsp3) is 0.444. The Balaban J connectivity index is 1.58. The van der Waals surface area contributed by atoms with Gasteiger partial charge in [0.05, 0.1) is 12.2 Å². The molecule has 0 unspecified atom stereocenters. The number of urea groups is 1. The molecule has 2 aromatic rings. The molecule has 134 valence electrons. The molecule has 25 heavy (non-hydrogen) atoms. The first kappa shape index (κ1) is 17.4. The number of ether oxygens (including phenoxy) is 1. The zero-order valence-electron chi connectivity index (χ0n) is 14.4. The monoisotopic (exact) mass is 346 g/mol. The molecule has 0 spiro atoms. The van der Waals surface area contributed by atoms with Crippen molar-refractivity contribution >= 4 is 6.03 Å². The van der Waals surface area contributed by atoms with Crippen LogP contribution in [0.3, 0.4) is 0 Å². The molecule has 0 saturated carbocycles. The molecule has 1 aliphatic rings. The lowest BCUT2D eigenvalue weighted by molar-refractivity contribution is 0.0731. The summed E-state index contributed by atoms with van der Waals surface area (Å²) in [6.07, 6.45) is 3.78. The van der Waals surface area contributed by atoms with Crippen molar-refractivity contribution in [3.8, 4) is 0 Å². The van der Waals surface area contributed by atoms with Crippen LogP contribution in [-0.2, 0) is 17.6 Å². The second kappa shape index (κ2) is 7.65. The van der Waals surface area contributed by atoms with Crippen LogP contribution in [0.4, 0.5) is 9.18 Å². The number of carbonyl (C=O) groups excluding carboxylic acids is 1. The van der Waals surface area contributed by atoms with Crippen LogP contribution in [0, 0.1) is 5.82 Å². The molecular formula is C18H23FN4O2. The number of aryl methyl sites for hydroxylation is 1. The number of H-pyrrole nitrogens is 1. The number of nitrogens with zero attached hydrogens (tertiary/aromatic N) is 1. The van der Waals surface area contributed by atoms with Crippen LogP contribution >= 0.6 is 0 Å².